The summed E-state index contributed by atoms with van der Waals surface area (Å²) >= 11 is 5.90. The van der Waals surface area contributed by atoms with E-state index in [9.17, 15) is 9.32 Å². The minimum Gasteiger partial charge on any atom is -0.391 e. The maximum Gasteiger partial charge on any atom is 0.134 e. The third kappa shape index (κ3) is 3.17. The predicted molar refractivity (Wildman–Crippen MR) is 109 cm³/mol. The first-order chi connectivity index (χ1) is 13.6. The number of hydrogen-bond donors (Lipinski definition) is 2. The Bertz CT molecular complexity index is 931. The Morgan fingerprint density at radius 2 is 2.00 bits per heavy atom. The lowest BCUT2D eigenvalue weighted by Gasteiger charge is -2.36. The van der Waals surface area contributed by atoms with Gasteiger partial charge in [0.2, 0.25) is 0 Å². The van der Waals surface area contributed by atoms with Crippen molar-refractivity contribution in [1.82, 2.24) is 15.0 Å². The second kappa shape index (κ2) is 7.24. The Balaban J connectivity index is 1.43. The number of aliphatic hydroxyl groups is 1. The summed E-state index contributed by atoms with van der Waals surface area (Å²) in [6, 6.07) is 0. The molecule has 28 heavy (non-hydrogen) atoms. The van der Waals surface area contributed by atoms with E-state index >= 15 is 0 Å². The van der Waals surface area contributed by atoms with Crippen LogP contribution >= 0.6 is 11.6 Å². The highest BCUT2D eigenvalue weighted by Gasteiger charge is 2.34. The summed E-state index contributed by atoms with van der Waals surface area (Å²) in [5.74, 6) is 2.74. The fraction of sp³-hybridized carbons (Fsp3) is 0.526. The molecule has 3 aliphatic rings. The molecule has 0 spiro atoms. The second-order valence-electron chi connectivity index (χ2n) is 7.62. The second-order valence-corrected chi connectivity index (χ2v) is 9.57. The monoisotopic (exact) mass is 419 g/mol. The van der Waals surface area contributed by atoms with Gasteiger partial charge in [-0.2, -0.15) is 0 Å². The Hall–Kier alpha value is -1.77. The molecule has 0 radical (unpaired) electrons. The smallest absolute Gasteiger partial charge is 0.134 e. The minimum absolute atomic E-state index is 0.315. The van der Waals surface area contributed by atoms with E-state index in [1.807, 2.05) is 0 Å². The minimum atomic E-state index is -0.997. The van der Waals surface area contributed by atoms with Gasteiger partial charge in [-0.3, -0.25) is 4.21 Å². The lowest BCUT2D eigenvalue weighted by molar-refractivity contribution is 0.184. The summed E-state index contributed by atoms with van der Waals surface area (Å²) in [5, 5.41) is 14.1. The standard InChI is InChI=1S/C19H22ClN5O2S/c20-12-8-22-18(23-9-12)11-1-4-25(5-2-11)19-14-7-13(26)10-21-16(14)17-15(24-19)3-6-28(17)27/h8-9,11,13,21,26H,1-7,10H2. The molecule has 0 bridgehead atoms. The van der Waals surface area contributed by atoms with Gasteiger partial charge >= 0.3 is 0 Å². The number of piperidine rings is 1. The van der Waals surface area contributed by atoms with E-state index in [0.717, 1.165) is 65.8 Å². The number of aliphatic hydroxyl groups excluding tert-OH is 1. The maximum absolute atomic E-state index is 12.5. The number of halogens is 1. The molecule has 1 fully saturated rings. The molecule has 5 rings (SSSR count). The number of aromatic nitrogens is 3. The molecule has 2 N–H and O–H groups in total. The van der Waals surface area contributed by atoms with Crippen molar-refractivity contribution in [2.75, 3.05) is 35.6 Å². The van der Waals surface area contributed by atoms with E-state index < -0.39 is 16.9 Å². The SMILES string of the molecule is O=S1CCc2nc(N3CCC(c4ncc(Cl)cn4)CC3)c3c(c21)NCC(O)C3. The molecule has 7 nitrogen and oxygen atoms in total. The van der Waals surface area contributed by atoms with Crippen LogP contribution in [0.25, 0.3) is 0 Å². The third-order valence-corrected chi connectivity index (χ3v) is 7.47. The van der Waals surface area contributed by atoms with Crippen LogP contribution in [-0.2, 0) is 23.6 Å². The van der Waals surface area contributed by atoms with Crippen molar-refractivity contribution in [2.45, 2.75) is 42.6 Å². The van der Waals surface area contributed by atoms with Crippen LogP contribution in [0.1, 0.15) is 35.8 Å². The first-order valence-electron chi connectivity index (χ1n) is 9.68. The van der Waals surface area contributed by atoms with Crippen LogP contribution in [0, 0.1) is 0 Å². The molecule has 0 saturated carbocycles. The van der Waals surface area contributed by atoms with Gasteiger partial charge in [-0.25, -0.2) is 15.0 Å². The summed E-state index contributed by atoms with van der Waals surface area (Å²) in [6.07, 6.45) is 6.05. The molecular weight excluding hydrogens is 398 g/mol. The molecule has 9 heteroatoms. The Morgan fingerprint density at radius 3 is 2.75 bits per heavy atom. The van der Waals surface area contributed by atoms with Gasteiger partial charge in [0.15, 0.2) is 0 Å². The first kappa shape index (κ1) is 18.3. The number of hydrogen-bond acceptors (Lipinski definition) is 7. The molecule has 2 aromatic rings. The number of β-amino-alcohol motifs (C(OH)–C–C–N with tert-alkyl or cyclic N) is 1. The molecule has 5 heterocycles. The zero-order chi connectivity index (χ0) is 19.3. The lowest BCUT2D eigenvalue weighted by atomic mass is 9.94. The fourth-order valence-electron chi connectivity index (χ4n) is 4.40. The van der Waals surface area contributed by atoms with Crippen LogP contribution in [-0.4, -0.2) is 55.8 Å². The number of anilines is 2. The van der Waals surface area contributed by atoms with Crippen molar-refractivity contribution in [2.24, 2.45) is 0 Å². The highest BCUT2D eigenvalue weighted by atomic mass is 35.5. The highest BCUT2D eigenvalue weighted by Crippen LogP contribution is 2.40. The van der Waals surface area contributed by atoms with Gasteiger partial charge in [-0.1, -0.05) is 11.6 Å². The average molecular weight is 420 g/mol. The average Bonchev–Trinajstić information content (AvgIpc) is 3.09. The third-order valence-electron chi connectivity index (χ3n) is 5.81. The highest BCUT2D eigenvalue weighted by molar-refractivity contribution is 7.85. The Labute approximate surface area is 171 Å². The van der Waals surface area contributed by atoms with Crippen molar-refractivity contribution in [1.29, 1.82) is 0 Å². The van der Waals surface area contributed by atoms with Crippen LogP contribution in [0.15, 0.2) is 17.3 Å². The van der Waals surface area contributed by atoms with Gasteiger partial charge in [0.1, 0.15) is 11.6 Å². The molecule has 0 aliphatic carbocycles. The predicted octanol–water partition coefficient (Wildman–Crippen LogP) is 1.90. The van der Waals surface area contributed by atoms with Crippen LogP contribution in [0.5, 0.6) is 0 Å². The van der Waals surface area contributed by atoms with Crippen molar-refractivity contribution in [3.8, 4) is 0 Å². The first-order valence-corrected chi connectivity index (χ1v) is 11.4. The zero-order valence-electron chi connectivity index (χ0n) is 15.4. The van der Waals surface area contributed by atoms with Crippen molar-refractivity contribution in [3.05, 3.63) is 34.5 Å². The van der Waals surface area contributed by atoms with Crippen molar-refractivity contribution in [3.63, 3.8) is 0 Å². The number of nitrogens with zero attached hydrogens (tertiary/aromatic N) is 4. The van der Waals surface area contributed by atoms with Crippen LogP contribution in [0.4, 0.5) is 11.5 Å². The summed E-state index contributed by atoms with van der Waals surface area (Å²) in [6.45, 7) is 2.21. The zero-order valence-corrected chi connectivity index (χ0v) is 17.0. The van der Waals surface area contributed by atoms with Crippen LogP contribution in [0.3, 0.4) is 0 Å². The molecule has 148 valence electrons. The number of rotatable bonds is 2. The quantitative estimate of drug-likeness (QED) is 0.768. The summed E-state index contributed by atoms with van der Waals surface area (Å²) < 4.78 is 12.5. The van der Waals surface area contributed by atoms with Gasteiger partial charge in [-0.05, 0) is 12.8 Å². The van der Waals surface area contributed by atoms with Crippen molar-refractivity contribution < 1.29 is 9.32 Å². The van der Waals surface area contributed by atoms with E-state index in [0.29, 0.717) is 29.7 Å². The van der Waals surface area contributed by atoms with Crippen molar-refractivity contribution >= 4 is 33.9 Å². The molecule has 0 aromatic carbocycles. The van der Waals surface area contributed by atoms with Gasteiger partial charge in [0.05, 0.1) is 38.2 Å². The summed E-state index contributed by atoms with van der Waals surface area (Å²) in [5.41, 5.74) is 2.90. The van der Waals surface area contributed by atoms with E-state index in [4.69, 9.17) is 16.6 Å². The maximum atomic E-state index is 12.5. The van der Waals surface area contributed by atoms with Gasteiger partial charge in [-0.15, -0.1) is 0 Å². The number of aryl methyl sites for hydroxylation is 1. The number of nitrogens with one attached hydrogen (secondary N) is 1. The molecule has 2 atom stereocenters. The van der Waals surface area contributed by atoms with Gasteiger partial charge in [0.25, 0.3) is 0 Å². The van der Waals surface area contributed by atoms with Crippen LogP contribution < -0.4 is 10.2 Å². The molecule has 2 aromatic heterocycles. The normalized spacial score (nSPS) is 24.6. The fourth-order valence-corrected chi connectivity index (χ4v) is 5.91. The van der Waals surface area contributed by atoms with E-state index in [1.54, 1.807) is 12.4 Å². The topological polar surface area (TPSA) is 91.2 Å². The van der Waals surface area contributed by atoms with Gasteiger partial charge in [0, 0.05) is 62.1 Å². The molecule has 3 aliphatic heterocycles. The molecule has 1 saturated heterocycles. The lowest BCUT2D eigenvalue weighted by Crippen LogP contribution is -2.37. The van der Waals surface area contributed by atoms with Crippen LogP contribution in [0.2, 0.25) is 5.02 Å². The largest absolute Gasteiger partial charge is 0.391 e. The summed E-state index contributed by atoms with van der Waals surface area (Å²) in [4.78, 5) is 16.8. The van der Waals surface area contributed by atoms with E-state index in [2.05, 4.69) is 20.2 Å². The molecule has 0 amide bonds. The number of pyridine rings is 1. The Morgan fingerprint density at radius 1 is 1.25 bits per heavy atom. The summed E-state index contributed by atoms with van der Waals surface area (Å²) in [7, 11) is -0.997. The molecule has 2 unspecified atom stereocenters. The van der Waals surface area contributed by atoms with E-state index in [-0.39, 0.29) is 0 Å². The van der Waals surface area contributed by atoms with E-state index in [1.165, 1.54) is 0 Å². The molecular formula is C19H22ClN5O2S. The van der Waals surface area contributed by atoms with Gasteiger partial charge < -0.3 is 15.3 Å². The number of fused-ring (bicyclic) bond motifs is 3. The Kier molecular flexibility index (Phi) is 4.72.